The van der Waals surface area contributed by atoms with Gasteiger partial charge in [-0.25, -0.2) is 0 Å². The first-order valence-electron chi connectivity index (χ1n) is 6.32. The average Bonchev–Trinajstić information content (AvgIpc) is 3.03. The molecular weight excluding hydrogens is 188 g/mol. The van der Waals surface area contributed by atoms with Gasteiger partial charge in [-0.15, -0.1) is 0 Å². The van der Waals surface area contributed by atoms with Crippen molar-refractivity contribution in [3.8, 4) is 0 Å². The molecule has 2 fully saturated rings. The monoisotopic (exact) mass is 210 g/mol. The van der Waals surface area contributed by atoms with E-state index in [0.717, 1.165) is 38.4 Å². The van der Waals surface area contributed by atoms with Crippen LogP contribution in [0.15, 0.2) is 0 Å². The lowest BCUT2D eigenvalue weighted by atomic mass is 9.96. The quantitative estimate of drug-likeness (QED) is 0.734. The number of amides is 1. The summed E-state index contributed by atoms with van der Waals surface area (Å²) in [6, 6.07) is 0. The summed E-state index contributed by atoms with van der Waals surface area (Å²) in [5.74, 6) is 1.68. The lowest BCUT2D eigenvalue weighted by Gasteiger charge is -2.13. The lowest BCUT2D eigenvalue weighted by molar-refractivity contribution is -0.122. The summed E-state index contributed by atoms with van der Waals surface area (Å²) in [6.07, 6.45) is 6.97. The van der Waals surface area contributed by atoms with Crippen LogP contribution in [0.25, 0.3) is 0 Å². The van der Waals surface area contributed by atoms with Crippen LogP contribution in [0.4, 0.5) is 0 Å². The van der Waals surface area contributed by atoms with E-state index in [-0.39, 0.29) is 5.91 Å². The largest absolute Gasteiger partial charge is 0.356 e. The normalized spacial score (nSPS) is 27.1. The molecule has 0 aromatic rings. The minimum Gasteiger partial charge on any atom is -0.356 e. The minimum atomic E-state index is 0.272. The number of hydrogen-bond donors (Lipinski definition) is 2. The molecule has 15 heavy (non-hydrogen) atoms. The van der Waals surface area contributed by atoms with Crippen molar-refractivity contribution in [3.63, 3.8) is 0 Å². The Morgan fingerprint density at radius 3 is 2.80 bits per heavy atom. The van der Waals surface area contributed by atoms with E-state index in [4.69, 9.17) is 0 Å². The van der Waals surface area contributed by atoms with Crippen molar-refractivity contribution >= 4 is 5.91 Å². The molecule has 3 heteroatoms. The molecule has 0 spiro atoms. The molecule has 2 aliphatic rings. The summed E-state index contributed by atoms with van der Waals surface area (Å²) in [6.45, 7) is 3.13. The smallest absolute Gasteiger partial charge is 0.220 e. The van der Waals surface area contributed by atoms with E-state index < -0.39 is 0 Å². The van der Waals surface area contributed by atoms with Gasteiger partial charge in [-0.2, -0.15) is 0 Å². The van der Waals surface area contributed by atoms with E-state index in [1.807, 2.05) is 0 Å². The van der Waals surface area contributed by atoms with Crippen LogP contribution < -0.4 is 10.6 Å². The Balaban J connectivity index is 1.62. The fourth-order valence-electron chi connectivity index (χ4n) is 2.21. The molecule has 1 saturated heterocycles. The van der Waals surface area contributed by atoms with Gasteiger partial charge in [-0.3, -0.25) is 4.79 Å². The summed E-state index contributed by atoms with van der Waals surface area (Å²) >= 11 is 0. The molecule has 1 heterocycles. The summed E-state index contributed by atoms with van der Waals surface area (Å²) in [5, 5.41) is 6.43. The molecule has 1 atom stereocenters. The molecule has 0 radical (unpaired) electrons. The number of carbonyl (C=O) groups excluding carboxylic acids is 1. The van der Waals surface area contributed by atoms with Crippen molar-refractivity contribution in [2.24, 2.45) is 11.8 Å². The van der Waals surface area contributed by atoms with Gasteiger partial charge >= 0.3 is 0 Å². The maximum absolute atomic E-state index is 11.6. The second kappa shape index (κ2) is 5.50. The van der Waals surface area contributed by atoms with Gasteiger partial charge in [0.05, 0.1) is 0 Å². The topological polar surface area (TPSA) is 41.1 Å². The van der Waals surface area contributed by atoms with E-state index in [2.05, 4.69) is 10.6 Å². The molecule has 1 unspecified atom stereocenters. The van der Waals surface area contributed by atoms with Gasteiger partial charge in [0.15, 0.2) is 0 Å². The molecule has 3 nitrogen and oxygen atoms in total. The molecule has 0 bridgehead atoms. The van der Waals surface area contributed by atoms with Crippen LogP contribution in [0, 0.1) is 11.8 Å². The highest BCUT2D eigenvalue weighted by atomic mass is 16.1. The van der Waals surface area contributed by atoms with Crippen LogP contribution in [-0.2, 0) is 4.79 Å². The van der Waals surface area contributed by atoms with E-state index in [9.17, 15) is 4.79 Å². The summed E-state index contributed by atoms with van der Waals surface area (Å²) in [5.41, 5.74) is 0. The highest BCUT2D eigenvalue weighted by molar-refractivity contribution is 5.76. The molecule has 0 aromatic heterocycles. The van der Waals surface area contributed by atoms with Gasteiger partial charge in [-0.1, -0.05) is 0 Å². The Bertz CT molecular complexity index is 206. The molecule has 0 aromatic carbocycles. The van der Waals surface area contributed by atoms with Crippen molar-refractivity contribution in [3.05, 3.63) is 0 Å². The molecule has 1 aliphatic heterocycles. The van der Waals surface area contributed by atoms with Crippen molar-refractivity contribution < 1.29 is 4.79 Å². The van der Waals surface area contributed by atoms with E-state index in [1.54, 1.807) is 0 Å². The van der Waals surface area contributed by atoms with Gasteiger partial charge in [0.2, 0.25) is 5.91 Å². The van der Waals surface area contributed by atoms with Crippen molar-refractivity contribution in [2.45, 2.75) is 38.5 Å². The third-order valence-electron chi connectivity index (χ3n) is 3.45. The zero-order chi connectivity index (χ0) is 10.5. The highest BCUT2D eigenvalue weighted by Gasteiger charge is 2.22. The third-order valence-corrected chi connectivity index (χ3v) is 3.45. The second-order valence-corrected chi connectivity index (χ2v) is 5.00. The third kappa shape index (κ3) is 4.20. The maximum atomic E-state index is 11.6. The van der Waals surface area contributed by atoms with Gasteiger partial charge in [0, 0.05) is 13.0 Å². The van der Waals surface area contributed by atoms with Crippen LogP contribution in [0.2, 0.25) is 0 Å². The molecule has 2 N–H and O–H groups in total. The molecular formula is C12H22N2O. The van der Waals surface area contributed by atoms with Crippen LogP contribution >= 0.6 is 0 Å². The molecule has 1 amide bonds. The predicted octanol–water partition coefficient (Wildman–Crippen LogP) is 1.29. The van der Waals surface area contributed by atoms with E-state index >= 15 is 0 Å². The average molecular weight is 210 g/mol. The number of hydrogen-bond acceptors (Lipinski definition) is 2. The Kier molecular flexibility index (Phi) is 4.01. The lowest BCUT2D eigenvalue weighted by Crippen LogP contribution is -2.27. The van der Waals surface area contributed by atoms with Crippen LogP contribution in [-0.4, -0.2) is 25.5 Å². The van der Waals surface area contributed by atoms with Gasteiger partial charge in [0.25, 0.3) is 0 Å². The van der Waals surface area contributed by atoms with E-state index in [1.165, 1.54) is 25.7 Å². The van der Waals surface area contributed by atoms with Crippen LogP contribution in [0.5, 0.6) is 0 Å². The summed E-state index contributed by atoms with van der Waals surface area (Å²) in [7, 11) is 0. The Morgan fingerprint density at radius 1 is 1.13 bits per heavy atom. The van der Waals surface area contributed by atoms with Crippen LogP contribution in [0.3, 0.4) is 0 Å². The first kappa shape index (κ1) is 10.9. The fraction of sp³-hybridized carbons (Fsp3) is 0.917. The summed E-state index contributed by atoms with van der Waals surface area (Å²) in [4.78, 5) is 11.6. The Morgan fingerprint density at radius 2 is 2.00 bits per heavy atom. The van der Waals surface area contributed by atoms with Crippen molar-refractivity contribution in [2.75, 3.05) is 19.6 Å². The highest BCUT2D eigenvalue weighted by Crippen LogP contribution is 2.27. The molecule has 1 saturated carbocycles. The fourth-order valence-corrected chi connectivity index (χ4v) is 2.21. The van der Waals surface area contributed by atoms with Gasteiger partial charge < -0.3 is 10.6 Å². The standard InChI is InChI=1S/C12H22N2O/c15-12(14-9-11-3-4-11)8-10-2-1-6-13-7-5-10/h10-11,13H,1-9H2,(H,14,15). The first-order chi connectivity index (χ1) is 7.34. The number of nitrogens with one attached hydrogen (secondary N) is 2. The maximum Gasteiger partial charge on any atom is 0.220 e. The zero-order valence-corrected chi connectivity index (χ0v) is 9.43. The van der Waals surface area contributed by atoms with Gasteiger partial charge in [0.1, 0.15) is 0 Å². The summed E-state index contributed by atoms with van der Waals surface area (Å²) < 4.78 is 0. The van der Waals surface area contributed by atoms with Crippen molar-refractivity contribution in [1.29, 1.82) is 0 Å². The van der Waals surface area contributed by atoms with Crippen molar-refractivity contribution in [1.82, 2.24) is 10.6 Å². The zero-order valence-electron chi connectivity index (χ0n) is 9.43. The predicted molar refractivity (Wildman–Crippen MR) is 60.6 cm³/mol. The second-order valence-electron chi connectivity index (χ2n) is 5.00. The minimum absolute atomic E-state index is 0.272. The molecule has 2 rings (SSSR count). The molecule has 86 valence electrons. The van der Waals surface area contributed by atoms with Gasteiger partial charge in [-0.05, 0) is 57.0 Å². The molecule has 1 aliphatic carbocycles. The van der Waals surface area contributed by atoms with E-state index in [0.29, 0.717) is 5.92 Å². The van der Waals surface area contributed by atoms with Crippen LogP contribution in [0.1, 0.15) is 38.5 Å². The number of carbonyl (C=O) groups is 1. The Hall–Kier alpha value is -0.570. The Labute approximate surface area is 92.0 Å². The SMILES string of the molecule is O=C(CC1CCCNCC1)NCC1CC1. The first-order valence-corrected chi connectivity index (χ1v) is 6.32. The number of rotatable bonds is 4.